The van der Waals surface area contributed by atoms with Crippen LogP contribution in [0.3, 0.4) is 0 Å². The first-order valence-electron chi connectivity index (χ1n) is 10.4. The lowest BCUT2D eigenvalue weighted by Gasteiger charge is -2.33. The molecule has 1 heterocycles. The molecular weight excluding hydrogens is 338 g/mol. The number of amides is 2. The predicted molar refractivity (Wildman–Crippen MR) is 107 cm³/mol. The molecule has 2 atom stereocenters. The summed E-state index contributed by atoms with van der Waals surface area (Å²) in [6, 6.07) is 10.4. The van der Waals surface area contributed by atoms with Crippen molar-refractivity contribution in [1.82, 2.24) is 15.5 Å². The van der Waals surface area contributed by atoms with Crippen LogP contribution in [0.25, 0.3) is 0 Å². The van der Waals surface area contributed by atoms with Gasteiger partial charge in [-0.3, -0.25) is 14.5 Å². The molecule has 27 heavy (non-hydrogen) atoms. The number of carbonyl (C=O) groups is 2. The minimum atomic E-state index is 0.0867. The van der Waals surface area contributed by atoms with Crippen molar-refractivity contribution in [2.24, 2.45) is 5.92 Å². The SMILES string of the molecule is C[C@@H]1CCCC[C@H]1NC(=O)CN1CCC(NC(=O)Cc2ccccc2)CC1. The van der Waals surface area contributed by atoms with E-state index in [1.54, 1.807) is 0 Å². The Hall–Kier alpha value is -1.88. The molecule has 2 amide bonds. The average molecular weight is 372 g/mol. The van der Waals surface area contributed by atoms with Gasteiger partial charge in [0.2, 0.25) is 11.8 Å². The van der Waals surface area contributed by atoms with Crippen molar-refractivity contribution in [2.45, 2.75) is 64.0 Å². The molecule has 1 aliphatic carbocycles. The Labute approximate surface area is 162 Å². The highest BCUT2D eigenvalue weighted by molar-refractivity contribution is 5.79. The van der Waals surface area contributed by atoms with E-state index in [0.717, 1.165) is 37.9 Å². The molecule has 0 bridgehead atoms. The van der Waals surface area contributed by atoms with Crippen LogP contribution in [0.2, 0.25) is 0 Å². The van der Waals surface area contributed by atoms with Crippen LogP contribution >= 0.6 is 0 Å². The van der Waals surface area contributed by atoms with Crippen LogP contribution < -0.4 is 10.6 Å². The van der Waals surface area contributed by atoms with Gasteiger partial charge >= 0.3 is 0 Å². The van der Waals surface area contributed by atoms with Crippen molar-refractivity contribution >= 4 is 11.8 Å². The zero-order valence-electron chi connectivity index (χ0n) is 16.5. The van der Waals surface area contributed by atoms with Crippen LogP contribution in [0.1, 0.15) is 51.0 Å². The fourth-order valence-electron chi connectivity index (χ4n) is 4.28. The van der Waals surface area contributed by atoms with Crippen LogP contribution in [0.4, 0.5) is 0 Å². The van der Waals surface area contributed by atoms with E-state index in [0.29, 0.717) is 24.9 Å². The molecule has 5 nitrogen and oxygen atoms in total. The van der Waals surface area contributed by atoms with Crippen molar-refractivity contribution in [3.63, 3.8) is 0 Å². The zero-order chi connectivity index (χ0) is 19.1. The van der Waals surface area contributed by atoms with Crippen molar-refractivity contribution in [3.8, 4) is 0 Å². The maximum atomic E-state index is 12.4. The van der Waals surface area contributed by atoms with Gasteiger partial charge in [0.25, 0.3) is 0 Å². The Morgan fingerprint density at radius 1 is 0.963 bits per heavy atom. The van der Waals surface area contributed by atoms with E-state index in [1.165, 1.54) is 19.3 Å². The largest absolute Gasteiger partial charge is 0.353 e. The van der Waals surface area contributed by atoms with E-state index >= 15 is 0 Å². The lowest BCUT2D eigenvalue weighted by atomic mass is 9.86. The monoisotopic (exact) mass is 371 g/mol. The molecular formula is C22H33N3O2. The first-order valence-corrected chi connectivity index (χ1v) is 10.4. The molecule has 1 saturated carbocycles. The van der Waals surface area contributed by atoms with Crippen LogP contribution in [0.5, 0.6) is 0 Å². The van der Waals surface area contributed by atoms with Gasteiger partial charge in [0.05, 0.1) is 13.0 Å². The summed E-state index contributed by atoms with van der Waals surface area (Å²) >= 11 is 0. The molecule has 2 N–H and O–H groups in total. The smallest absolute Gasteiger partial charge is 0.234 e. The summed E-state index contributed by atoms with van der Waals surface area (Å²) in [5, 5.41) is 6.38. The molecule has 1 aromatic carbocycles. The Bertz CT molecular complexity index is 611. The first-order chi connectivity index (χ1) is 13.1. The Kier molecular flexibility index (Phi) is 7.27. The fourth-order valence-corrected chi connectivity index (χ4v) is 4.28. The quantitative estimate of drug-likeness (QED) is 0.808. The molecule has 2 aliphatic rings. The van der Waals surface area contributed by atoms with Crippen molar-refractivity contribution in [3.05, 3.63) is 35.9 Å². The summed E-state index contributed by atoms with van der Waals surface area (Å²) in [5.74, 6) is 0.831. The van der Waals surface area contributed by atoms with Gasteiger partial charge < -0.3 is 10.6 Å². The van der Waals surface area contributed by atoms with E-state index in [9.17, 15) is 9.59 Å². The van der Waals surface area contributed by atoms with Gasteiger partial charge in [-0.2, -0.15) is 0 Å². The molecule has 5 heteroatoms. The Balaban J connectivity index is 1.34. The Morgan fingerprint density at radius 3 is 2.37 bits per heavy atom. The third kappa shape index (κ3) is 6.35. The maximum Gasteiger partial charge on any atom is 0.234 e. The number of hydrogen-bond acceptors (Lipinski definition) is 3. The normalized spacial score (nSPS) is 24.3. The number of hydrogen-bond donors (Lipinski definition) is 2. The minimum absolute atomic E-state index is 0.0867. The van der Waals surface area contributed by atoms with Gasteiger partial charge in [-0.1, -0.05) is 50.1 Å². The molecule has 148 valence electrons. The lowest BCUT2D eigenvalue weighted by molar-refractivity contribution is -0.124. The predicted octanol–water partition coefficient (Wildman–Crippen LogP) is 2.50. The van der Waals surface area contributed by atoms with Crippen LogP contribution in [0, 0.1) is 5.92 Å². The molecule has 0 aromatic heterocycles. The van der Waals surface area contributed by atoms with Crippen LogP contribution in [-0.4, -0.2) is 48.4 Å². The second kappa shape index (κ2) is 9.88. The second-order valence-electron chi connectivity index (χ2n) is 8.22. The summed E-state index contributed by atoms with van der Waals surface area (Å²) in [4.78, 5) is 26.8. The summed E-state index contributed by atoms with van der Waals surface area (Å²) < 4.78 is 0. The fraction of sp³-hybridized carbons (Fsp3) is 0.636. The van der Waals surface area contributed by atoms with Gasteiger partial charge in [0, 0.05) is 25.2 Å². The van der Waals surface area contributed by atoms with E-state index in [4.69, 9.17) is 0 Å². The van der Waals surface area contributed by atoms with E-state index in [1.807, 2.05) is 30.3 Å². The number of nitrogens with zero attached hydrogens (tertiary/aromatic N) is 1. The molecule has 0 spiro atoms. The molecule has 1 saturated heterocycles. The number of benzene rings is 1. The second-order valence-corrected chi connectivity index (χ2v) is 8.22. The third-order valence-electron chi connectivity index (χ3n) is 5.99. The minimum Gasteiger partial charge on any atom is -0.353 e. The standard InChI is InChI=1S/C22H33N3O2/c1-17-7-5-6-10-20(17)24-22(27)16-25-13-11-19(12-14-25)23-21(26)15-18-8-3-2-4-9-18/h2-4,8-9,17,19-20H,5-7,10-16H2,1H3,(H,23,26)(H,24,27)/t17-,20-/m1/s1. The highest BCUT2D eigenvalue weighted by Crippen LogP contribution is 2.23. The third-order valence-corrected chi connectivity index (χ3v) is 5.99. The first kappa shape index (κ1) is 19.9. The molecule has 1 aliphatic heterocycles. The van der Waals surface area contributed by atoms with Crippen molar-refractivity contribution in [2.75, 3.05) is 19.6 Å². The number of likely N-dealkylation sites (tertiary alicyclic amines) is 1. The van der Waals surface area contributed by atoms with Crippen molar-refractivity contribution < 1.29 is 9.59 Å². The van der Waals surface area contributed by atoms with Gasteiger partial charge in [-0.15, -0.1) is 0 Å². The summed E-state index contributed by atoms with van der Waals surface area (Å²) in [6.07, 6.45) is 7.10. The average Bonchev–Trinajstić information content (AvgIpc) is 2.66. The maximum absolute atomic E-state index is 12.4. The number of piperidine rings is 1. The molecule has 0 unspecified atom stereocenters. The summed E-state index contributed by atoms with van der Waals surface area (Å²) in [6.45, 7) is 4.45. The van der Waals surface area contributed by atoms with Crippen LogP contribution in [-0.2, 0) is 16.0 Å². The topological polar surface area (TPSA) is 61.4 Å². The van der Waals surface area contributed by atoms with Gasteiger partial charge in [-0.05, 0) is 37.2 Å². The van der Waals surface area contributed by atoms with Crippen molar-refractivity contribution in [1.29, 1.82) is 0 Å². The molecule has 0 radical (unpaired) electrons. The summed E-state index contributed by atoms with van der Waals surface area (Å²) in [5.41, 5.74) is 1.04. The summed E-state index contributed by atoms with van der Waals surface area (Å²) in [7, 11) is 0. The lowest BCUT2D eigenvalue weighted by Crippen LogP contribution is -2.49. The number of rotatable bonds is 6. The number of carbonyl (C=O) groups excluding carboxylic acids is 2. The van der Waals surface area contributed by atoms with E-state index in [2.05, 4.69) is 22.5 Å². The van der Waals surface area contributed by atoms with Crippen LogP contribution in [0.15, 0.2) is 30.3 Å². The zero-order valence-corrected chi connectivity index (χ0v) is 16.5. The van der Waals surface area contributed by atoms with E-state index < -0.39 is 0 Å². The molecule has 3 rings (SSSR count). The Morgan fingerprint density at radius 2 is 1.67 bits per heavy atom. The highest BCUT2D eigenvalue weighted by Gasteiger charge is 2.25. The highest BCUT2D eigenvalue weighted by atomic mass is 16.2. The van der Waals surface area contributed by atoms with Gasteiger partial charge in [0.1, 0.15) is 0 Å². The van der Waals surface area contributed by atoms with E-state index in [-0.39, 0.29) is 17.9 Å². The molecule has 2 fully saturated rings. The number of nitrogens with one attached hydrogen (secondary N) is 2. The molecule has 1 aromatic rings. The van der Waals surface area contributed by atoms with Gasteiger partial charge in [0.15, 0.2) is 0 Å². The van der Waals surface area contributed by atoms with Gasteiger partial charge in [-0.25, -0.2) is 0 Å².